The van der Waals surface area contributed by atoms with E-state index in [1.807, 2.05) is 0 Å². The molecule has 0 aliphatic heterocycles. The van der Waals surface area contributed by atoms with E-state index >= 15 is 0 Å². The first kappa shape index (κ1) is 24.2. The highest BCUT2D eigenvalue weighted by atomic mass is 35.5. The molecule has 0 aliphatic rings. The van der Waals surface area contributed by atoms with Crippen molar-refractivity contribution in [3.05, 3.63) is 34.3 Å². The van der Waals surface area contributed by atoms with Gasteiger partial charge in [0.05, 0.1) is 44.2 Å². The predicted octanol–water partition coefficient (Wildman–Crippen LogP) is 4.71. The molecule has 1 atom stereocenters. The number of Topliss-reactive ketones (excluding diaryl/α,β-unsaturated/α-hetero) is 1. The van der Waals surface area contributed by atoms with E-state index in [0.717, 1.165) is 0 Å². The number of ether oxygens (including phenoxy) is 4. The van der Waals surface area contributed by atoms with E-state index in [4.69, 9.17) is 42.1 Å². The van der Waals surface area contributed by atoms with Crippen molar-refractivity contribution in [2.45, 2.75) is 13.0 Å². The summed E-state index contributed by atoms with van der Waals surface area (Å²) in [6, 6.07) is 4.62. The molecule has 2 aromatic carbocycles. The molecular weight excluding hydrogens is 449 g/mol. The number of hydrogen-bond acceptors (Lipinski definition) is 8. The Bertz CT molecular complexity index is 1010. The van der Waals surface area contributed by atoms with Gasteiger partial charge in [-0.3, -0.25) is 9.59 Å². The summed E-state index contributed by atoms with van der Waals surface area (Å²) >= 11 is 12.3. The van der Waals surface area contributed by atoms with E-state index in [1.165, 1.54) is 59.6 Å². The van der Waals surface area contributed by atoms with Gasteiger partial charge < -0.3 is 24.3 Å². The molecule has 9 nitrogen and oxygen atoms in total. The van der Waals surface area contributed by atoms with Crippen molar-refractivity contribution in [3.8, 4) is 23.0 Å². The average molecular weight is 470 g/mol. The first-order chi connectivity index (χ1) is 14.7. The molecule has 166 valence electrons. The van der Waals surface area contributed by atoms with Gasteiger partial charge in [-0.25, -0.2) is 0 Å². The zero-order valence-electron chi connectivity index (χ0n) is 17.5. The lowest BCUT2D eigenvalue weighted by atomic mass is 10.2. The van der Waals surface area contributed by atoms with Gasteiger partial charge in [0, 0.05) is 24.3 Å². The number of halogens is 2. The molecule has 0 saturated heterocycles. The third-order valence-electron chi connectivity index (χ3n) is 4.07. The summed E-state index contributed by atoms with van der Waals surface area (Å²) in [6.45, 7) is 1.22. The molecule has 11 heteroatoms. The summed E-state index contributed by atoms with van der Waals surface area (Å²) in [4.78, 5) is 24.9. The number of rotatable bonds is 9. The van der Waals surface area contributed by atoms with Crippen LogP contribution in [0.25, 0.3) is 0 Å². The molecule has 0 radical (unpaired) electrons. The summed E-state index contributed by atoms with van der Waals surface area (Å²) in [5, 5.41) is 10.9. The highest BCUT2D eigenvalue weighted by Gasteiger charge is 2.25. The molecule has 2 aromatic rings. The van der Waals surface area contributed by atoms with E-state index < -0.39 is 17.7 Å². The van der Waals surface area contributed by atoms with Crippen LogP contribution in [-0.4, -0.2) is 46.2 Å². The largest absolute Gasteiger partial charge is 0.497 e. The van der Waals surface area contributed by atoms with Gasteiger partial charge >= 0.3 is 0 Å². The molecule has 1 amide bonds. The number of benzene rings is 2. The normalized spacial score (nSPS) is 11.7. The third kappa shape index (κ3) is 5.77. The monoisotopic (exact) mass is 469 g/mol. The van der Waals surface area contributed by atoms with E-state index in [1.54, 1.807) is 0 Å². The topological polar surface area (TPSA) is 108 Å². The van der Waals surface area contributed by atoms with Crippen LogP contribution in [0.1, 0.15) is 6.92 Å². The predicted molar refractivity (Wildman–Crippen MR) is 117 cm³/mol. The number of methoxy groups -OCH3 is 4. The second-order valence-electron chi connectivity index (χ2n) is 6.07. The van der Waals surface area contributed by atoms with Crippen LogP contribution in [-0.2, 0) is 9.59 Å². The molecular formula is C20H21Cl2N3O6. The standard InChI is InChI=1S/C20H21Cl2N3O6/c1-10(26)17(25-24-16-9-12(29-3)7-14(22)19(16)31-5)20(27)23-15-8-11(28-2)6-13(21)18(15)30-4/h6-9,17H,1-5H3,(H,23,27). The summed E-state index contributed by atoms with van der Waals surface area (Å²) in [7, 11) is 5.70. The van der Waals surface area contributed by atoms with Gasteiger partial charge in [-0.1, -0.05) is 23.2 Å². The highest BCUT2D eigenvalue weighted by Crippen LogP contribution is 2.40. The van der Waals surface area contributed by atoms with E-state index in [9.17, 15) is 9.59 Å². The van der Waals surface area contributed by atoms with Gasteiger partial charge in [0.1, 0.15) is 17.2 Å². The first-order valence-corrected chi connectivity index (χ1v) is 9.56. The van der Waals surface area contributed by atoms with Crippen LogP contribution in [0.4, 0.5) is 11.4 Å². The van der Waals surface area contributed by atoms with Crippen molar-refractivity contribution in [2.75, 3.05) is 33.8 Å². The fourth-order valence-electron chi connectivity index (χ4n) is 2.58. The van der Waals surface area contributed by atoms with Gasteiger partial charge in [0.2, 0.25) is 6.04 Å². The highest BCUT2D eigenvalue weighted by molar-refractivity contribution is 6.33. The average Bonchev–Trinajstić information content (AvgIpc) is 2.72. The summed E-state index contributed by atoms with van der Waals surface area (Å²) in [6.07, 6.45) is 0. The maximum atomic E-state index is 12.8. The number of anilines is 1. The Morgan fingerprint density at radius 1 is 0.871 bits per heavy atom. The Morgan fingerprint density at radius 2 is 1.42 bits per heavy atom. The van der Waals surface area contributed by atoms with Crippen LogP contribution in [0.3, 0.4) is 0 Å². The van der Waals surface area contributed by atoms with Crippen LogP contribution < -0.4 is 24.3 Å². The van der Waals surface area contributed by atoms with Crippen LogP contribution in [0.2, 0.25) is 10.0 Å². The Morgan fingerprint density at radius 3 is 1.94 bits per heavy atom. The number of carbonyl (C=O) groups excluding carboxylic acids is 2. The molecule has 1 unspecified atom stereocenters. The second-order valence-corrected chi connectivity index (χ2v) is 6.88. The second kappa shape index (κ2) is 10.8. The number of nitrogens with zero attached hydrogens (tertiary/aromatic N) is 2. The van der Waals surface area contributed by atoms with Gasteiger partial charge in [0.15, 0.2) is 17.3 Å². The number of ketones is 1. The number of azo groups is 1. The molecule has 0 aromatic heterocycles. The molecule has 2 rings (SSSR count). The third-order valence-corrected chi connectivity index (χ3v) is 4.63. The Kier molecular flexibility index (Phi) is 8.47. The smallest absolute Gasteiger partial charge is 0.258 e. The molecule has 0 fully saturated rings. The van der Waals surface area contributed by atoms with Crippen molar-refractivity contribution in [1.82, 2.24) is 0 Å². The zero-order chi connectivity index (χ0) is 23.1. The quantitative estimate of drug-likeness (QED) is 0.420. The van der Waals surface area contributed by atoms with Gasteiger partial charge in [-0.15, -0.1) is 0 Å². The van der Waals surface area contributed by atoms with Crippen LogP contribution in [0, 0.1) is 0 Å². The van der Waals surface area contributed by atoms with Crippen molar-refractivity contribution >= 4 is 46.3 Å². The Labute approximate surface area is 189 Å². The number of amides is 1. The zero-order valence-corrected chi connectivity index (χ0v) is 19.0. The SMILES string of the molecule is COc1cc(Cl)c(OC)c(N=NC(C(C)=O)C(=O)Nc2cc(OC)cc(Cl)c2OC)c1. The maximum absolute atomic E-state index is 12.8. The van der Waals surface area contributed by atoms with Crippen LogP contribution in [0.15, 0.2) is 34.5 Å². The lowest BCUT2D eigenvalue weighted by Gasteiger charge is -2.15. The van der Waals surface area contributed by atoms with Crippen molar-refractivity contribution in [3.63, 3.8) is 0 Å². The minimum Gasteiger partial charge on any atom is -0.497 e. The summed E-state index contributed by atoms with van der Waals surface area (Å²) in [5.74, 6) is -0.0716. The van der Waals surface area contributed by atoms with Crippen LogP contribution in [0.5, 0.6) is 23.0 Å². The molecule has 0 heterocycles. The summed E-state index contributed by atoms with van der Waals surface area (Å²) in [5.41, 5.74) is 0.396. The van der Waals surface area contributed by atoms with Gasteiger partial charge in [-0.05, 0) is 6.92 Å². The Balaban J connectivity index is 2.38. The number of carbonyl (C=O) groups is 2. The van der Waals surface area contributed by atoms with Gasteiger partial charge in [-0.2, -0.15) is 10.2 Å². The van der Waals surface area contributed by atoms with E-state index in [2.05, 4.69) is 15.5 Å². The van der Waals surface area contributed by atoms with Crippen molar-refractivity contribution in [1.29, 1.82) is 0 Å². The lowest BCUT2D eigenvalue weighted by Crippen LogP contribution is -2.32. The fourth-order valence-corrected chi connectivity index (χ4v) is 3.14. The lowest BCUT2D eigenvalue weighted by molar-refractivity contribution is -0.126. The Hall–Kier alpha value is -3.04. The molecule has 0 spiro atoms. The first-order valence-electron chi connectivity index (χ1n) is 8.80. The molecule has 0 saturated carbocycles. The maximum Gasteiger partial charge on any atom is 0.258 e. The minimum atomic E-state index is -1.45. The number of nitrogens with one attached hydrogen (secondary N) is 1. The molecule has 0 aliphatic carbocycles. The molecule has 31 heavy (non-hydrogen) atoms. The number of hydrogen-bond donors (Lipinski definition) is 1. The van der Waals surface area contributed by atoms with Gasteiger partial charge in [0.25, 0.3) is 5.91 Å². The van der Waals surface area contributed by atoms with Crippen LogP contribution >= 0.6 is 23.2 Å². The van der Waals surface area contributed by atoms with E-state index in [0.29, 0.717) is 11.5 Å². The fraction of sp³-hybridized carbons (Fsp3) is 0.300. The van der Waals surface area contributed by atoms with Crippen molar-refractivity contribution < 1.29 is 28.5 Å². The molecule has 1 N–H and O–H groups in total. The van der Waals surface area contributed by atoms with E-state index in [-0.39, 0.29) is 32.9 Å². The molecule has 0 bridgehead atoms. The van der Waals surface area contributed by atoms with Crippen molar-refractivity contribution in [2.24, 2.45) is 10.2 Å². The minimum absolute atomic E-state index is 0.188. The summed E-state index contributed by atoms with van der Waals surface area (Å²) < 4.78 is 20.7.